The van der Waals surface area contributed by atoms with Crippen molar-refractivity contribution in [2.24, 2.45) is 11.7 Å². The molecule has 0 aromatic heterocycles. The van der Waals surface area contributed by atoms with Gasteiger partial charge in [-0.3, -0.25) is 14.4 Å². The van der Waals surface area contributed by atoms with Crippen molar-refractivity contribution in [1.82, 2.24) is 10.2 Å². The predicted molar refractivity (Wildman–Crippen MR) is 131 cm³/mol. The van der Waals surface area contributed by atoms with Gasteiger partial charge in [0, 0.05) is 17.5 Å². The molecule has 2 aliphatic heterocycles. The standard InChI is InChI=1S/C27H33N3O5/c1-34-25(31)10-9-23(26(28)32)30-16-22-21(27(30)33)3-2-4-24(22)35-17-20-7-5-18(6-8-20)15-19-11-13-29-14-12-19/h2-8,19,23,29H,9-17H2,1H3,(H2,28,32). The van der Waals surface area contributed by atoms with Crippen LogP contribution in [0.1, 0.15) is 52.7 Å². The van der Waals surface area contributed by atoms with Gasteiger partial charge < -0.3 is 25.4 Å². The fourth-order valence-corrected chi connectivity index (χ4v) is 4.87. The van der Waals surface area contributed by atoms with Crippen LogP contribution in [0.5, 0.6) is 5.75 Å². The molecule has 2 amide bonds. The van der Waals surface area contributed by atoms with E-state index in [1.54, 1.807) is 12.1 Å². The number of nitrogens with zero attached hydrogens (tertiary/aromatic N) is 1. The highest BCUT2D eigenvalue weighted by atomic mass is 16.5. The van der Waals surface area contributed by atoms with Crippen molar-refractivity contribution in [2.75, 3.05) is 20.2 Å². The Morgan fingerprint density at radius 1 is 1.11 bits per heavy atom. The highest BCUT2D eigenvalue weighted by molar-refractivity contribution is 6.01. The summed E-state index contributed by atoms with van der Waals surface area (Å²) >= 11 is 0. The normalized spacial score (nSPS) is 16.6. The van der Waals surface area contributed by atoms with Gasteiger partial charge in [0.05, 0.1) is 13.7 Å². The monoisotopic (exact) mass is 479 g/mol. The second-order valence-corrected chi connectivity index (χ2v) is 9.25. The molecule has 0 aliphatic carbocycles. The van der Waals surface area contributed by atoms with Crippen LogP contribution in [0.2, 0.25) is 0 Å². The molecule has 1 saturated heterocycles. The second kappa shape index (κ2) is 11.4. The Labute approximate surface area is 205 Å². The van der Waals surface area contributed by atoms with E-state index in [0.717, 1.165) is 36.6 Å². The lowest BCUT2D eigenvalue weighted by atomic mass is 9.91. The third-order valence-electron chi connectivity index (χ3n) is 6.91. The predicted octanol–water partition coefficient (Wildman–Crippen LogP) is 2.57. The fraction of sp³-hybridized carbons (Fsp3) is 0.444. The quantitative estimate of drug-likeness (QED) is 0.507. The topological polar surface area (TPSA) is 111 Å². The summed E-state index contributed by atoms with van der Waals surface area (Å²) in [5, 5.41) is 3.41. The summed E-state index contributed by atoms with van der Waals surface area (Å²) in [6.07, 6.45) is 3.66. The Balaban J connectivity index is 1.39. The van der Waals surface area contributed by atoms with E-state index in [0.29, 0.717) is 17.9 Å². The molecule has 0 spiro atoms. The zero-order valence-electron chi connectivity index (χ0n) is 20.1. The molecule has 8 heteroatoms. The fourth-order valence-electron chi connectivity index (χ4n) is 4.87. The lowest BCUT2D eigenvalue weighted by Crippen LogP contribution is -2.45. The SMILES string of the molecule is COC(=O)CCC(C(N)=O)N1Cc2c(OCc3ccc(CC4CCNCC4)cc3)cccc2C1=O. The summed E-state index contributed by atoms with van der Waals surface area (Å²) in [6.45, 7) is 2.78. The maximum atomic E-state index is 13.0. The number of ether oxygens (including phenoxy) is 2. The summed E-state index contributed by atoms with van der Waals surface area (Å²) in [4.78, 5) is 38.1. The molecule has 2 aromatic carbocycles. The zero-order valence-corrected chi connectivity index (χ0v) is 20.1. The zero-order chi connectivity index (χ0) is 24.8. The first-order valence-electron chi connectivity index (χ1n) is 12.2. The summed E-state index contributed by atoms with van der Waals surface area (Å²) in [5.74, 6) is -0.0504. The van der Waals surface area contributed by atoms with Crippen LogP contribution in [0, 0.1) is 5.92 Å². The van der Waals surface area contributed by atoms with Crippen molar-refractivity contribution in [1.29, 1.82) is 0 Å². The molecule has 4 rings (SSSR count). The lowest BCUT2D eigenvalue weighted by Gasteiger charge is -2.24. The molecule has 0 radical (unpaired) electrons. The van der Waals surface area contributed by atoms with E-state index in [2.05, 4.69) is 34.3 Å². The van der Waals surface area contributed by atoms with Crippen molar-refractivity contribution in [3.63, 3.8) is 0 Å². The van der Waals surface area contributed by atoms with Crippen molar-refractivity contribution in [2.45, 2.75) is 51.3 Å². The van der Waals surface area contributed by atoms with Crippen molar-refractivity contribution in [3.05, 3.63) is 64.7 Å². The molecule has 8 nitrogen and oxygen atoms in total. The Morgan fingerprint density at radius 2 is 1.83 bits per heavy atom. The van der Waals surface area contributed by atoms with E-state index in [-0.39, 0.29) is 25.3 Å². The van der Waals surface area contributed by atoms with Crippen LogP contribution in [0.15, 0.2) is 42.5 Å². The number of benzene rings is 2. The number of hydrogen-bond acceptors (Lipinski definition) is 6. The molecule has 1 unspecified atom stereocenters. The highest BCUT2D eigenvalue weighted by Gasteiger charge is 2.37. The molecule has 3 N–H and O–H groups in total. The van der Waals surface area contributed by atoms with E-state index in [1.165, 1.54) is 30.4 Å². The minimum absolute atomic E-state index is 0.00121. The van der Waals surface area contributed by atoms with Crippen molar-refractivity contribution in [3.8, 4) is 5.75 Å². The number of carbonyl (C=O) groups is 3. The number of amides is 2. The first-order chi connectivity index (χ1) is 17.0. The van der Waals surface area contributed by atoms with E-state index >= 15 is 0 Å². The van der Waals surface area contributed by atoms with E-state index in [4.69, 9.17) is 10.5 Å². The van der Waals surface area contributed by atoms with Gasteiger partial charge in [-0.2, -0.15) is 0 Å². The molecule has 1 atom stereocenters. The number of esters is 1. The van der Waals surface area contributed by atoms with Crippen LogP contribution in [0.25, 0.3) is 0 Å². The van der Waals surface area contributed by atoms with Gasteiger partial charge in [-0.15, -0.1) is 0 Å². The third kappa shape index (κ3) is 6.00. The van der Waals surface area contributed by atoms with Crippen LogP contribution in [0.4, 0.5) is 0 Å². The van der Waals surface area contributed by atoms with Gasteiger partial charge >= 0.3 is 5.97 Å². The lowest BCUT2D eigenvalue weighted by molar-refractivity contribution is -0.141. The highest BCUT2D eigenvalue weighted by Crippen LogP contribution is 2.33. The summed E-state index contributed by atoms with van der Waals surface area (Å²) in [5.41, 5.74) is 9.17. The second-order valence-electron chi connectivity index (χ2n) is 9.25. The Morgan fingerprint density at radius 3 is 2.51 bits per heavy atom. The van der Waals surface area contributed by atoms with Gasteiger partial charge in [0.1, 0.15) is 18.4 Å². The largest absolute Gasteiger partial charge is 0.489 e. The van der Waals surface area contributed by atoms with Gasteiger partial charge in [0.25, 0.3) is 5.91 Å². The molecule has 2 aromatic rings. The van der Waals surface area contributed by atoms with E-state index < -0.39 is 17.9 Å². The molecule has 2 aliphatic rings. The number of fused-ring (bicyclic) bond motifs is 1. The van der Waals surface area contributed by atoms with E-state index in [1.807, 2.05) is 6.07 Å². The molecule has 1 fully saturated rings. The number of nitrogens with two attached hydrogens (primary N) is 1. The van der Waals surface area contributed by atoms with Crippen LogP contribution >= 0.6 is 0 Å². The van der Waals surface area contributed by atoms with Crippen LogP contribution < -0.4 is 15.8 Å². The molecule has 35 heavy (non-hydrogen) atoms. The maximum absolute atomic E-state index is 13.0. The third-order valence-corrected chi connectivity index (χ3v) is 6.91. The number of primary amides is 1. The van der Waals surface area contributed by atoms with Gasteiger partial charge in [-0.1, -0.05) is 30.3 Å². The number of hydrogen-bond donors (Lipinski definition) is 2. The number of piperidine rings is 1. The first-order valence-corrected chi connectivity index (χ1v) is 12.2. The summed E-state index contributed by atoms with van der Waals surface area (Å²) in [6, 6.07) is 12.9. The maximum Gasteiger partial charge on any atom is 0.305 e. The average Bonchev–Trinajstić information content (AvgIpc) is 3.20. The molecule has 2 heterocycles. The molecular weight excluding hydrogens is 446 g/mol. The van der Waals surface area contributed by atoms with Crippen molar-refractivity contribution < 1.29 is 23.9 Å². The van der Waals surface area contributed by atoms with Gasteiger partial charge in [-0.05, 0) is 68.0 Å². The van der Waals surface area contributed by atoms with Gasteiger partial charge in [0.15, 0.2) is 0 Å². The Bertz CT molecular complexity index is 1060. The number of carbonyl (C=O) groups excluding carboxylic acids is 3. The molecule has 0 bridgehead atoms. The Hall–Kier alpha value is -3.39. The summed E-state index contributed by atoms with van der Waals surface area (Å²) in [7, 11) is 1.28. The average molecular weight is 480 g/mol. The van der Waals surface area contributed by atoms with Gasteiger partial charge in [0.2, 0.25) is 5.91 Å². The van der Waals surface area contributed by atoms with Crippen LogP contribution in [-0.4, -0.2) is 48.9 Å². The van der Waals surface area contributed by atoms with E-state index in [9.17, 15) is 14.4 Å². The Kier molecular flexibility index (Phi) is 8.02. The summed E-state index contributed by atoms with van der Waals surface area (Å²) < 4.78 is 10.8. The molecule has 186 valence electrons. The smallest absolute Gasteiger partial charge is 0.305 e. The van der Waals surface area contributed by atoms with Crippen LogP contribution in [-0.2, 0) is 33.9 Å². The minimum Gasteiger partial charge on any atom is -0.489 e. The number of nitrogens with one attached hydrogen (secondary N) is 1. The van der Waals surface area contributed by atoms with Crippen molar-refractivity contribution >= 4 is 17.8 Å². The first kappa shape index (κ1) is 24.7. The van der Waals surface area contributed by atoms with Gasteiger partial charge in [-0.25, -0.2) is 0 Å². The number of methoxy groups -OCH3 is 1. The number of rotatable bonds is 10. The molecule has 0 saturated carbocycles. The van der Waals surface area contributed by atoms with Crippen LogP contribution in [0.3, 0.4) is 0 Å². The minimum atomic E-state index is -0.894. The molecular formula is C27H33N3O5.